The molecule has 0 aromatic rings. The molecule has 1 N–H and O–H groups in total. The van der Waals surface area contributed by atoms with Crippen molar-refractivity contribution >= 4 is 0 Å². The lowest BCUT2D eigenvalue weighted by molar-refractivity contribution is 0.00276. The van der Waals surface area contributed by atoms with Crippen LogP contribution < -0.4 is 5.32 Å². The molecule has 0 aromatic heterocycles. The molecule has 96 valence electrons. The van der Waals surface area contributed by atoms with Crippen LogP contribution in [0.3, 0.4) is 0 Å². The van der Waals surface area contributed by atoms with Crippen molar-refractivity contribution in [3.8, 4) is 0 Å². The molecule has 2 atom stereocenters. The van der Waals surface area contributed by atoms with E-state index in [-0.39, 0.29) is 6.04 Å². The van der Waals surface area contributed by atoms with Crippen LogP contribution in [0.25, 0.3) is 0 Å². The molecule has 0 aromatic carbocycles. The lowest BCUT2D eigenvalue weighted by atomic mass is 9.99. The third-order valence-corrected chi connectivity index (χ3v) is 2.73. The minimum atomic E-state index is -2.38. The van der Waals surface area contributed by atoms with Crippen LogP contribution in [-0.2, 0) is 9.47 Å². The van der Waals surface area contributed by atoms with Gasteiger partial charge in [-0.3, -0.25) is 0 Å². The molecule has 0 saturated carbocycles. The van der Waals surface area contributed by atoms with Crippen LogP contribution in [0.2, 0.25) is 0 Å². The minimum absolute atomic E-state index is 0.140. The molecule has 1 aliphatic heterocycles. The van der Waals surface area contributed by atoms with Gasteiger partial charge in [0.25, 0.3) is 6.43 Å². The van der Waals surface area contributed by atoms with Gasteiger partial charge in [0.05, 0.1) is 13.2 Å². The summed E-state index contributed by atoms with van der Waals surface area (Å²) in [7, 11) is 0. The number of hydrogen-bond acceptors (Lipinski definition) is 3. The van der Waals surface area contributed by atoms with Crippen LogP contribution in [0.5, 0.6) is 0 Å². The molecule has 2 unspecified atom stereocenters. The highest BCUT2D eigenvalue weighted by atomic mass is 19.3. The van der Waals surface area contributed by atoms with Crippen molar-refractivity contribution in [2.75, 3.05) is 33.0 Å². The van der Waals surface area contributed by atoms with Gasteiger partial charge in [0.2, 0.25) is 0 Å². The van der Waals surface area contributed by atoms with Crippen molar-refractivity contribution in [1.29, 1.82) is 0 Å². The molecule has 0 radical (unpaired) electrons. The average molecular weight is 237 g/mol. The molecule has 0 spiro atoms. The summed E-state index contributed by atoms with van der Waals surface area (Å²) >= 11 is 0. The van der Waals surface area contributed by atoms with Gasteiger partial charge in [0.15, 0.2) is 0 Å². The smallest absolute Gasteiger partial charge is 0.261 e. The van der Waals surface area contributed by atoms with Crippen LogP contribution in [0.15, 0.2) is 0 Å². The van der Waals surface area contributed by atoms with Gasteiger partial charge in [-0.1, -0.05) is 6.92 Å². The first-order valence-electron chi connectivity index (χ1n) is 5.91. The maximum Gasteiger partial charge on any atom is 0.261 e. The molecule has 0 aliphatic carbocycles. The highest BCUT2D eigenvalue weighted by Gasteiger charge is 2.25. The highest BCUT2D eigenvalue weighted by Crippen LogP contribution is 2.17. The number of halogens is 2. The zero-order valence-electron chi connectivity index (χ0n) is 9.75. The van der Waals surface area contributed by atoms with Gasteiger partial charge in [-0.15, -0.1) is 0 Å². The summed E-state index contributed by atoms with van der Waals surface area (Å²) in [5.74, 6) is 0.393. The summed E-state index contributed by atoms with van der Waals surface area (Å²) in [6.45, 7) is 4.31. The van der Waals surface area contributed by atoms with Crippen LogP contribution >= 0.6 is 0 Å². The Morgan fingerprint density at radius 2 is 2.25 bits per heavy atom. The predicted octanol–water partition coefficient (Wildman–Crippen LogP) is 1.67. The predicted molar refractivity (Wildman–Crippen MR) is 57.8 cm³/mol. The molecule has 3 nitrogen and oxygen atoms in total. The van der Waals surface area contributed by atoms with E-state index in [1.165, 1.54) is 0 Å². The van der Waals surface area contributed by atoms with Gasteiger partial charge in [0, 0.05) is 18.6 Å². The molecular weight excluding hydrogens is 216 g/mol. The number of nitrogens with one attached hydrogen (secondary N) is 1. The molecule has 1 rings (SSSR count). The number of ether oxygens (including phenoxy) is 2. The molecule has 16 heavy (non-hydrogen) atoms. The van der Waals surface area contributed by atoms with Crippen LogP contribution in [0, 0.1) is 5.92 Å². The van der Waals surface area contributed by atoms with E-state index in [1.54, 1.807) is 0 Å². The van der Waals surface area contributed by atoms with E-state index in [9.17, 15) is 8.78 Å². The first-order valence-corrected chi connectivity index (χ1v) is 5.91. The Kier molecular flexibility index (Phi) is 6.84. The summed E-state index contributed by atoms with van der Waals surface area (Å²) < 4.78 is 34.2. The van der Waals surface area contributed by atoms with E-state index >= 15 is 0 Å². The summed E-state index contributed by atoms with van der Waals surface area (Å²) in [5.41, 5.74) is 0. The van der Waals surface area contributed by atoms with Crippen LogP contribution in [0.1, 0.15) is 19.8 Å². The van der Waals surface area contributed by atoms with Crippen molar-refractivity contribution < 1.29 is 18.3 Å². The molecule has 1 fully saturated rings. The molecule has 5 heteroatoms. The summed E-state index contributed by atoms with van der Waals surface area (Å²) in [6.07, 6.45) is -0.370. The molecule has 1 heterocycles. The monoisotopic (exact) mass is 237 g/mol. The second-order valence-electron chi connectivity index (χ2n) is 4.11. The van der Waals surface area contributed by atoms with Gasteiger partial charge < -0.3 is 14.8 Å². The second-order valence-corrected chi connectivity index (χ2v) is 4.11. The fourth-order valence-electron chi connectivity index (χ4n) is 1.85. The Labute approximate surface area is 95.5 Å². The van der Waals surface area contributed by atoms with Crippen molar-refractivity contribution in [2.45, 2.75) is 32.2 Å². The van der Waals surface area contributed by atoms with Gasteiger partial charge >= 0.3 is 0 Å². The first-order chi connectivity index (χ1) is 7.74. The Balaban J connectivity index is 2.25. The van der Waals surface area contributed by atoms with Crippen LogP contribution in [0.4, 0.5) is 8.78 Å². The van der Waals surface area contributed by atoms with Gasteiger partial charge in [-0.2, -0.15) is 0 Å². The van der Waals surface area contributed by atoms with E-state index in [1.807, 2.05) is 0 Å². The van der Waals surface area contributed by atoms with Crippen LogP contribution in [-0.4, -0.2) is 45.4 Å². The summed E-state index contributed by atoms with van der Waals surface area (Å²) in [5, 5.41) is 3.34. The summed E-state index contributed by atoms with van der Waals surface area (Å²) in [6, 6.07) is 0.140. The number of alkyl halides is 2. The largest absolute Gasteiger partial charge is 0.381 e. The van der Waals surface area contributed by atoms with Crippen molar-refractivity contribution in [3.05, 3.63) is 0 Å². The maximum absolute atomic E-state index is 11.9. The average Bonchev–Trinajstić information content (AvgIpc) is 2.75. The van der Waals surface area contributed by atoms with E-state index in [4.69, 9.17) is 9.47 Å². The first kappa shape index (κ1) is 13.8. The number of rotatable bonds is 8. The standard InChI is InChI=1S/C11H21F2NO2/c1-2-4-14-10(7-16-8-11(12)13)9-3-5-15-6-9/h9-11,14H,2-8H2,1H3. The second kappa shape index (κ2) is 7.92. The molecule has 0 bridgehead atoms. The fourth-order valence-corrected chi connectivity index (χ4v) is 1.85. The van der Waals surface area contributed by atoms with Gasteiger partial charge in [-0.25, -0.2) is 8.78 Å². The third-order valence-electron chi connectivity index (χ3n) is 2.73. The van der Waals surface area contributed by atoms with Crippen molar-refractivity contribution in [2.24, 2.45) is 5.92 Å². The Morgan fingerprint density at radius 1 is 1.44 bits per heavy atom. The third kappa shape index (κ3) is 5.18. The quantitative estimate of drug-likeness (QED) is 0.696. The SMILES string of the molecule is CCCNC(COCC(F)F)C1CCOC1. The lowest BCUT2D eigenvalue weighted by Crippen LogP contribution is -2.41. The Morgan fingerprint density at radius 3 is 2.81 bits per heavy atom. The topological polar surface area (TPSA) is 30.5 Å². The zero-order valence-corrected chi connectivity index (χ0v) is 9.75. The van der Waals surface area contributed by atoms with Gasteiger partial charge in [-0.05, 0) is 19.4 Å². The molecular formula is C11H21F2NO2. The van der Waals surface area contributed by atoms with E-state index in [0.717, 1.165) is 26.0 Å². The molecule has 1 saturated heterocycles. The molecule has 0 amide bonds. The lowest BCUT2D eigenvalue weighted by Gasteiger charge is -2.23. The highest BCUT2D eigenvalue weighted by molar-refractivity contribution is 4.79. The zero-order chi connectivity index (χ0) is 11.8. The Bertz CT molecular complexity index is 175. The fraction of sp³-hybridized carbons (Fsp3) is 1.00. The maximum atomic E-state index is 11.9. The molecule has 1 aliphatic rings. The van der Waals surface area contributed by atoms with E-state index in [2.05, 4.69) is 12.2 Å². The van der Waals surface area contributed by atoms with E-state index in [0.29, 0.717) is 19.1 Å². The van der Waals surface area contributed by atoms with Crippen molar-refractivity contribution in [1.82, 2.24) is 5.32 Å². The van der Waals surface area contributed by atoms with Gasteiger partial charge in [0.1, 0.15) is 6.61 Å². The van der Waals surface area contributed by atoms with Crippen molar-refractivity contribution in [3.63, 3.8) is 0 Å². The minimum Gasteiger partial charge on any atom is -0.381 e. The normalized spacial score (nSPS) is 22.9. The Hall–Kier alpha value is -0.260. The summed E-state index contributed by atoms with van der Waals surface area (Å²) in [4.78, 5) is 0. The van der Waals surface area contributed by atoms with E-state index < -0.39 is 13.0 Å². The number of hydrogen-bond donors (Lipinski definition) is 1.